The van der Waals surface area contributed by atoms with Crippen LogP contribution in [0.3, 0.4) is 0 Å². The molecule has 5 nitrogen and oxygen atoms in total. The number of nitrogens with zero attached hydrogens (tertiary/aromatic N) is 5. The van der Waals surface area contributed by atoms with Gasteiger partial charge < -0.3 is 0 Å². The maximum atomic E-state index is 12.6. The molecule has 0 aromatic carbocycles. The van der Waals surface area contributed by atoms with Gasteiger partial charge in [0.15, 0.2) is 5.82 Å². The topological polar surface area (TPSA) is 56.5 Å². The maximum absolute atomic E-state index is 12.6. The second-order valence-corrected chi connectivity index (χ2v) is 3.74. The van der Waals surface area contributed by atoms with E-state index in [9.17, 15) is 13.2 Å². The molecule has 19 heavy (non-hydrogen) atoms. The van der Waals surface area contributed by atoms with Crippen LogP contribution < -0.4 is 0 Å². The highest BCUT2D eigenvalue weighted by molar-refractivity contribution is 5.74. The van der Waals surface area contributed by atoms with E-state index in [-0.39, 0.29) is 5.82 Å². The Kier molecular flexibility index (Phi) is 2.44. The average molecular weight is 265 g/mol. The molecule has 0 aliphatic heterocycles. The van der Waals surface area contributed by atoms with E-state index in [4.69, 9.17) is 0 Å². The Balaban J connectivity index is 2.17. The molecular formula is C11H6F3N5. The van der Waals surface area contributed by atoms with Gasteiger partial charge in [-0.3, -0.25) is 4.98 Å². The normalized spacial score (nSPS) is 11.9. The zero-order valence-corrected chi connectivity index (χ0v) is 9.33. The molecule has 0 spiro atoms. The van der Waals surface area contributed by atoms with Crippen LogP contribution in [0.15, 0.2) is 36.7 Å². The first-order valence-corrected chi connectivity index (χ1v) is 5.26. The van der Waals surface area contributed by atoms with E-state index in [1.807, 2.05) is 0 Å². The molecule has 0 aliphatic rings. The predicted octanol–water partition coefficient (Wildman–Crippen LogP) is 2.23. The molecule has 0 radical (unpaired) electrons. The Hall–Kier alpha value is -2.51. The average Bonchev–Trinajstić information content (AvgIpc) is 2.82. The lowest BCUT2D eigenvalue weighted by atomic mass is 10.3. The first kappa shape index (κ1) is 11.6. The number of hydrogen-bond acceptors (Lipinski definition) is 4. The van der Waals surface area contributed by atoms with Crippen LogP contribution in [0.4, 0.5) is 13.2 Å². The monoisotopic (exact) mass is 265 g/mol. The standard InChI is InChI=1S/C11H6F3N5/c12-11(13,14)9-2-1-3-10(16-9)19-8-4-5-15-6-7(8)17-18-19/h1-6H. The number of halogens is 3. The van der Waals surface area contributed by atoms with E-state index in [1.54, 1.807) is 6.07 Å². The van der Waals surface area contributed by atoms with Crippen LogP contribution in [0.5, 0.6) is 0 Å². The molecule has 0 fully saturated rings. The number of fused-ring (bicyclic) bond motifs is 1. The van der Waals surface area contributed by atoms with E-state index < -0.39 is 11.9 Å². The molecule has 3 heterocycles. The van der Waals surface area contributed by atoms with Gasteiger partial charge in [0.05, 0.1) is 11.7 Å². The molecule has 0 amide bonds. The lowest BCUT2D eigenvalue weighted by Gasteiger charge is -2.07. The summed E-state index contributed by atoms with van der Waals surface area (Å²) in [5, 5.41) is 7.60. The van der Waals surface area contributed by atoms with Crippen LogP contribution >= 0.6 is 0 Å². The van der Waals surface area contributed by atoms with Gasteiger partial charge >= 0.3 is 6.18 Å². The Morgan fingerprint density at radius 3 is 2.74 bits per heavy atom. The molecule has 8 heteroatoms. The highest BCUT2D eigenvalue weighted by Gasteiger charge is 2.32. The molecule has 96 valence electrons. The summed E-state index contributed by atoms with van der Waals surface area (Å²) >= 11 is 0. The summed E-state index contributed by atoms with van der Waals surface area (Å²) in [5.74, 6) is 0.0588. The van der Waals surface area contributed by atoms with Crippen molar-refractivity contribution < 1.29 is 13.2 Å². The maximum Gasteiger partial charge on any atom is 0.433 e. The molecule has 3 aromatic rings. The SMILES string of the molecule is FC(F)(F)c1cccc(-n2nnc3cnccc32)n1. The van der Waals surface area contributed by atoms with Crippen molar-refractivity contribution in [1.29, 1.82) is 0 Å². The van der Waals surface area contributed by atoms with Crippen LogP contribution in [-0.2, 0) is 6.18 Å². The van der Waals surface area contributed by atoms with Gasteiger partial charge in [-0.25, -0.2) is 4.98 Å². The Morgan fingerprint density at radius 1 is 1.11 bits per heavy atom. The van der Waals surface area contributed by atoms with Crippen LogP contribution in [0.25, 0.3) is 16.9 Å². The van der Waals surface area contributed by atoms with Crippen molar-refractivity contribution in [2.45, 2.75) is 6.18 Å². The lowest BCUT2D eigenvalue weighted by molar-refractivity contribution is -0.141. The van der Waals surface area contributed by atoms with Crippen molar-refractivity contribution in [3.63, 3.8) is 0 Å². The summed E-state index contributed by atoms with van der Waals surface area (Å²) in [4.78, 5) is 7.41. The van der Waals surface area contributed by atoms with Gasteiger partial charge in [-0.1, -0.05) is 11.3 Å². The van der Waals surface area contributed by atoms with Gasteiger partial charge in [0.25, 0.3) is 0 Å². The van der Waals surface area contributed by atoms with Crippen molar-refractivity contribution in [3.8, 4) is 5.82 Å². The number of alkyl halides is 3. The highest BCUT2D eigenvalue weighted by Crippen LogP contribution is 2.28. The number of pyridine rings is 2. The zero-order chi connectivity index (χ0) is 13.5. The van der Waals surface area contributed by atoms with Gasteiger partial charge in [0.1, 0.15) is 11.2 Å². The lowest BCUT2D eigenvalue weighted by Crippen LogP contribution is -2.10. The van der Waals surface area contributed by atoms with Gasteiger partial charge in [0, 0.05) is 6.20 Å². The summed E-state index contributed by atoms with van der Waals surface area (Å²) in [6.07, 6.45) is -1.50. The van der Waals surface area contributed by atoms with Crippen molar-refractivity contribution >= 4 is 11.0 Å². The minimum Gasteiger partial charge on any atom is -0.262 e. The third-order valence-electron chi connectivity index (χ3n) is 2.49. The fourth-order valence-corrected chi connectivity index (χ4v) is 1.64. The first-order valence-electron chi connectivity index (χ1n) is 5.26. The summed E-state index contributed by atoms with van der Waals surface area (Å²) in [6, 6.07) is 5.23. The van der Waals surface area contributed by atoms with Crippen LogP contribution in [0.1, 0.15) is 5.69 Å². The fraction of sp³-hybridized carbons (Fsp3) is 0.0909. The van der Waals surface area contributed by atoms with Crippen molar-refractivity contribution in [2.75, 3.05) is 0 Å². The van der Waals surface area contributed by atoms with E-state index in [2.05, 4.69) is 20.3 Å². The summed E-state index contributed by atoms with van der Waals surface area (Å²) in [6.45, 7) is 0. The van der Waals surface area contributed by atoms with Crippen molar-refractivity contribution in [1.82, 2.24) is 25.0 Å². The van der Waals surface area contributed by atoms with Crippen LogP contribution in [0.2, 0.25) is 0 Å². The molecule has 0 N–H and O–H groups in total. The van der Waals surface area contributed by atoms with Crippen LogP contribution in [0, 0.1) is 0 Å². The smallest absolute Gasteiger partial charge is 0.262 e. The molecule has 0 saturated carbocycles. The van der Waals surface area contributed by atoms with E-state index in [0.717, 1.165) is 6.07 Å². The van der Waals surface area contributed by atoms with Gasteiger partial charge in [-0.05, 0) is 18.2 Å². The largest absolute Gasteiger partial charge is 0.433 e. The third-order valence-corrected chi connectivity index (χ3v) is 2.49. The van der Waals surface area contributed by atoms with Gasteiger partial charge in [-0.2, -0.15) is 17.9 Å². The van der Waals surface area contributed by atoms with Crippen molar-refractivity contribution in [3.05, 3.63) is 42.4 Å². The molecule has 0 unspecified atom stereocenters. The first-order chi connectivity index (χ1) is 9.05. The van der Waals surface area contributed by atoms with E-state index in [0.29, 0.717) is 11.0 Å². The molecule has 0 aliphatic carbocycles. The molecule has 0 atom stereocenters. The Labute approximate surface area is 104 Å². The molecular weight excluding hydrogens is 259 g/mol. The second kappa shape index (κ2) is 4.01. The summed E-state index contributed by atoms with van der Waals surface area (Å²) in [7, 11) is 0. The fourth-order valence-electron chi connectivity index (χ4n) is 1.64. The Morgan fingerprint density at radius 2 is 1.95 bits per heavy atom. The second-order valence-electron chi connectivity index (χ2n) is 3.74. The molecule has 3 aromatic heterocycles. The number of rotatable bonds is 1. The van der Waals surface area contributed by atoms with E-state index >= 15 is 0 Å². The Bertz CT molecular complexity index is 734. The summed E-state index contributed by atoms with van der Waals surface area (Å²) in [5.41, 5.74) is 0.0613. The quantitative estimate of drug-likeness (QED) is 0.677. The van der Waals surface area contributed by atoms with Crippen LogP contribution in [-0.4, -0.2) is 25.0 Å². The minimum atomic E-state index is -4.49. The van der Waals surface area contributed by atoms with Gasteiger partial charge in [-0.15, -0.1) is 5.10 Å². The molecule has 3 rings (SSSR count). The number of hydrogen-bond donors (Lipinski definition) is 0. The molecule has 0 saturated heterocycles. The van der Waals surface area contributed by atoms with E-state index in [1.165, 1.54) is 29.2 Å². The summed E-state index contributed by atoms with van der Waals surface area (Å²) < 4.78 is 39.1. The molecule has 0 bridgehead atoms. The van der Waals surface area contributed by atoms with Crippen molar-refractivity contribution in [2.24, 2.45) is 0 Å². The zero-order valence-electron chi connectivity index (χ0n) is 9.33. The minimum absolute atomic E-state index is 0.0588. The predicted molar refractivity (Wildman–Crippen MR) is 59.5 cm³/mol. The third kappa shape index (κ3) is 2.01. The number of aromatic nitrogens is 5. The highest BCUT2D eigenvalue weighted by atomic mass is 19.4. The van der Waals surface area contributed by atoms with Gasteiger partial charge in [0.2, 0.25) is 0 Å².